The highest BCUT2D eigenvalue weighted by Gasteiger charge is 2.42. The van der Waals surface area contributed by atoms with Crippen molar-refractivity contribution < 1.29 is 37.0 Å². The molecule has 0 saturated carbocycles. The first-order chi connectivity index (χ1) is 12.7. The lowest BCUT2D eigenvalue weighted by Gasteiger charge is -2.23. The maximum Gasteiger partial charge on any atom is 0.471 e. The molecule has 27 heavy (non-hydrogen) atoms. The van der Waals surface area contributed by atoms with Gasteiger partial charge in [-0.05, 0) is 18.6 Å². The third-order valence-electron chi connectivity index (χ3n) is 4.22. The van der Waals surface area contributed by atoms with Gasteiger partial charge in [0.15, 0.2) is 11.5 Å². The summed E-state index contributed by atoms with van der Waals surface area (Å²) in [5.74, 6) is -1.36. The molecule has 1 aliphatic rings. The molecule has 1 aliphatic heterocycles. The van der Waals surface area contributed by atoms with Gasteiger partial charge in [0, 0.05) is 31.7 Å². The monoisotopic (exact) mass is 390 g/mol. The average molecular weight is 390 g/mol. The molecular weight excluding hydrogens is 369 g/mol. The largest absolute Gasteiger partial charge is 0.493 e. The molecule has 0 aliphatic carbocycles. The van der Waals surface area contributed by atoms with Crippen molar-refractivity contribution in [3.63, 3.8) is 0 Å². The van der Waals surface area contributed by atoms with E-state index in [9.17, 15) is 22.8 Å². The Bertz CT molecular complexity index is 683. The van der Waals surface area contributed by atoms with Crippen LogP contribution in [0.1, 0.15) is 16.8 Å². The zero-order chi connectivity index (χ0) is 20.2. The number of amides is 2. The quantitative estimate of drug-likeness (QED) is 0.786. The molecule has 0 radical (unpaired) electrons. The highest BCUT2D eigenvalue weighted by Crippen LogP contribution is 2.38. The number of alkyl halides is 3. The number of halogens is 3. The normalized spacial score (nSPS) is 15.2. The molecule has 0 bridgehead atoms. The van der Waals surface area contributed by atoms with Crippen molar-refractivity contribution in [2.45, 2.75) is 12.6 Å². The lowest BCUT2D eigenvalue weighted by atomic mass is 10.1. The van der Waals surface area contributed by atoms with Crippen LogP contribution in [0.3, 0.4) is 0 Å². The molecule has 0 N–H and O–H groups in total. The molecule has 0 atom stereocenters. The Morgan fingerprint density at radius 2 is 1.41 bits per heavy atom. The number of carbonyl (C=O) groups is 2. The van der Waals surface area contributed by atoms with Crippen LogP contribution in [0, 0.1) is 0 Å². The predicted octanol–water partition coefficient (Wildman–Crippen LogP) is 1.95. The second-order valence-electron chi connectivity index (χ2n) is 5.85. The van der Waals surface area contributed by atoms with Crippen molar-refractivity contribution in [3.05, 3.63) is 17.7 Å². The summed E-state index contributed by atoms with van der Waals surface area (Å²) in [6, 6.07) is 2.96. The van der Waals surface area contributed by atoms with Gasteiger partial charge in [-0.2, -0.15) is 13.2 Å². The molecule has 7 nitrogen and oxygen atoms in total. The zero-order valence-electron chi connectivity index (χ0n) is 15.3. The van der Waals surface area contributed by atoms with E-state index >= 15 is 0 Å². The van der Waals surface area contributed by atoms with Gasteiger partial charge in [0.1, 0.15) is 0 Å². The summed E-state index contributed by atoms with van der Waals surface area (Å²) < 4.78 is 53.5. The van der Waals surface area contributed by atoms with E-state index in [1.165, 1.54) is 38.4 Å². The fraction of sp³-hybridized carbons (Fsp3) is 0.529. The molecule has 150 valence electrons. The van der Waals surface area contributed by atoms with E-state index in [4.69, 9.17) is 14.2 Å². The third kappa shape index (κ3) is 4.55. The van der Waals surface area contributed by atoms with Crippen LogP contribution in [0.25, 0.3) is 0 Å². The van der Waals surface area contributed by atoms with Gasteiger partial charge < -0.3 is 24.0 Å². The van der Waals surface area contributed by atoms with Gasteiger partial charge in [0.2, 0.25) is 5.75 Å². The Morgan fingerprint density at radius 1 is 0.889 bits per heavy atom. The molecule has 0 aromatic heterocycles. The molecule has 1 aromatic rings. The van der Waals surface area contributed by atoms with Crippen LogP contribution in [0.4, 0.5) is 13.2 Å². The van der Waals surface area contributed by atoms with Crippen LogP contribution >= 0.6 is 0 Å². The van der Waals surface area contributed by atoms with Gasteiger partial charge in [0.05, 0.1) is 21.3 Å². The maximum absolute atomic E-state index is 12.8. The van der Waals surface area contributed by atoms with Crippen LogP contribution in [-0.4, -0.2) is 75.3 Å². The number of nitrogens with zero attached hydrogens (tertiary/aromatic N) is 2. The van der Waals surface area contributed by atoms with Crippen molar-refractivity contribution in [2.75, 3.05) is 47.5 Å². The van der Waals surface area contributed by atoms with Crippen LogP contribution < -0.4 is 14.2 Å². The Balaban J connectivity index is 2.20. The number of methoxy groups -OCH3 is 3. The minimum Gasteiger partial charge on any atom is -0.493 e. The van der Waals surface area contributed by atoms with Crippen molar-refractivity contribution in [2.24, 2.45) is 0 Å². The topological polar surface area (TPSA) is 68.3 Å². The van der Waals surface area contributed by atoms with E-state index in [2.05, 4.69) is 0 Å². The molecule has 2 rings (SSSR count). The Labute approximate surface area is 154 Å². The number of rotatable bonds is 4. The van der Waals surface area contributed by atoms with E-state index < -0.39 is 18.0 Å². The second kappa shape index (κ2) is 8.36. The van der Waals surface area contributed by atoms with Crippen molar-refractivity contribution in [1.82, 2.24) is 9.80 Å². The summed E-state index contributed by atoms with van der Waals surface area (Å²) in [6.45, 7) is -0.0136. The van der Waals surface area contributed by atoms with Crippen molar-refractivity contribution in [3.8, 4) is 17.2 Å². The van der Waals surface area contributed by atoms with Gasteiger partial charge in [0.25, 0.3) is 5.91 Å². The van der Waals surface area contributed by atoms with Gasteiger partial charge in [-0.15, -0.1) is 0 Å². The molecule has 1 heterocycles. The van der Waals surface area contributed by atoms with Crippen LogP contribution in [0.2, 0.25) is 0 Å². The Kier molecular flexibility index (Phi) is 6.40. The summed E-state index contributed by atoms with van der Waals surface area (Å²) in [5.41, 5.74) is 0.250. The second-order valence-corrected chi connectivity index (χ2v) is 5.85. The standard InChI is InChI=1S/C17H21F3N2O5/c1-25-12-9-11(10-13(26-2)14(12)27-3)15(23)21-5-4-6-22(8-7-21)16(24)17(18,19)20/h9-10H,4-8H2,1-3H3. The fourth-order valence-electron chi connectivity index (χ4n) is 2.89. The minimum absolute atomic E-state index is 0.00267. The highest BCUT2D eigenvalue weighted by molar-refractivity contribution is 5.95. The first-order valence-electron chi connectivity index (χ1n) is 8.18. The minimum atomic E-state index is -4.92. The Hall–Kier alpha value is -2.65. The van der Waals surface area contributed by atoms with Crippen LogP contribution in [0.15, 0.2) is 12.1 Å². The number of ether oxygens (including phenoxy) is 3. The lowest BCUT2D eigenvalue weighted by Crippen LogP contribution is -2.43. The van der Waals surface area contributed by atoms with Crippen LogP contribution in [0.5, 0.6) is 17.2 Å². The van der Waals surface area contributed by atoms with E-state index in [0.717, 1.165) is 4.90 Å². The first kappa shape index (κ1) is 20.7. The van der Waals surface area contributed by atoms with Gasteiger partial charge in [-0.25, -0.2) is 0 Å². The fourth-order valence-corrected chi connectivity index (χ4v) is 2.89. The Morgan fingerprint density at radius 3 is 1.89 bits per heavy atom. The van der Waals surface area contributed by atoms with Crippen LogP contribution in [-0.2, 0) is 4.79 Å². The lowest BCUT2D eigenvalue weighted by molar-refractivity contribution is -0.185. The molecule has 2 amide bonds. The number of benzene rings is 1. The van der Waals surface area contributed by atoms with Gasteiger partial charge in [-0.1, -0.05) is 0 Å². The van der Waals surface area contributed by atoms with Crippen molar-refractivity contribution in [1.29, 1.82) is 0 Å². The molecular formula is C17H21F3N2O5. The number of hydrogen-bond acceptors (Lipinski definition) is 5. The molecule has 1 fully saturated rings. The van der Waals surface area contributed by atoms with E-state index in [1.807, 2.05) is 0 Å². The highest BCUT2D eigenvalue weighted by atomic mass is 19.4. The van der Waals surface area contributed by atoms with E-state index in [0.29, 0.717) is 17.2 Å². The number of hydrogen-bond donors (Lipinski definition) is 0. The summed E-state index contributed by atoms with van der Waals surface area (Å²) >= 11 is 0. The molecule has 10 heteroatoms. The molecule has 0 unspecified atom stereocenters. The number of carbonyl (C=O) groups excluding carboxylic acids is 2. The summed E-state index contributed by atoms with van der Waals surface area (Å²) in [4.78, 5) is 26.3. The smallest absolute Gasteiger partial charge is 0.471 e. The van der Waals surface area contributed by atoms with Crippen molar-refractivity contribution >= 4 is 11.8 Å². The summed E-state index contributed by atoms with van der Waals surface area (Å²) in [6.07, 6.45) is -4.67. The summed E-state index contributed by atoms with van der Waals surface area (Å²) in [7, 11) is 4.26. The van der Waals surface area contributed by atoms with E-state index in [-0.39, 0.29) is 38.2 Å². The molecule has 1 saturated heterocycles. The SMILES string of the molecule is COc1cc(C(=O)N2CCCN(C(=O)C(F)(F)F)CC2)cc(OC)c1OC. The summed E-state index contributed by atoms with van der Waals surface area (Å²) in [5, 5.41) is 0. The third-order valence-corrected chi connectivity index (χ3v) is 4.22. The van der Waals surface area contributed by atoms with Gasteiger partial charge >= 0.3 is 12.1 Å². The predicted molar refractivity (Wildman–Crippen MR) is 89.3 cm³/mol. The van der Waals surface area contributed by atoms with E-state index in [1.54, 1.807) is 0 Å². The maximum atomic E-state index is 12.8. The zero-order valence-corrected chi connectivity index (χ0v) is 15.3. The average Bonchev–Trinajstić information content (AvgIpc) is 2.90. The molecule has 0 spiro atoms. The van der Waals surface area contributed by atoms with Gasteiger partial charge in [-0.3, -0.25) is 9.59 Å². The first-order valence-corrected chi connectivity index (χ1v) is 8.18. The molecule has 1 aromatic carbocycles.